The van der Waals surface area contributed by atoms with Gasteiger partial charge in [0.1, 0.15) is 12.4 Å². The molecule has 6 rings (SSSR count). The van der Waals surface area contributed by atoms with E-state index >= 15 is 0 Å². The summed E-state index contributed by atoms with van der Waals surface area (Å²) in [4.78, 5) is 40.6. The van der Waals surface area contributed by atoms with Crippen molar-refractivity contribution in [1.82, 2.24) is 25.3 Å². The van der Waals surface area contributed by atoms with Gasteiger partial charge in [0.25, 0.3) is 5.91 Å². The quantitative estimate of drug-likeness (QED) is 0.0841. The van der Waals surface area contributed by atoms with E-state index in [4.69, 9.17) is 10.5 Å². The van der Waals surface area contributed by atoms with Gasteiger partial charge >= 0.3 is 0 Å². The van der Waals surface area contributed by atoms with Gasteiger partial charge in [-0.05, 0) is 99.8 Å². The molecule has 2 heterocycles. The van der Waals surface area contributed by atoms with E-state index in [0.717, 1.165) is 16.9 Å². The normalized spacial score (nSPS) is 10.5. The number of primary amides is 1. The van der Waals surface area contributed by atoms with Crippen molar-refractivity contribution in [3.8, 4) is 5.88 Å². The summed E-state index contributed by atoms with van der Waals surface area (Å²) < 4.78 is 5.67. The summed E-state index contributed by atoms with van der Waals surface area (Å²) in [5, 5.41) is 12.5. The van der Waals surface area contributed by atoms with Crippen molar-refractivity contribution < 1.29 is 14.3 Å². The second kappa shape index (κ2) is 17.9. The Kier molecular flexibility index (Phi) is 12.6. The lowest BCUT2D eigenvalue weighted by Gasteiger charge is -2.14. The number of benzene rings is 4. The number of nitrogens with one attached hydrogen (secondary N) is 4. The van der Waals surface area contributed by atoms with E-state index in [2.05, 4.69) is 74.1 Å². The van der Waals surface area contributed by atoms with Crippen LogP contribution in [-0.4, -0.2) is 37.8 Å². The summed E-state index contributed by atoms with van der Waals surface area (Å²) in [5.41, 5.74) is 13.5. The molecule has 6 N–H and O–H groups in total. The molecule has 53 heavy (non-hydrogen) atoms. The number of aryl methyl sites for hydroxylation is 3. The van der Waals surface area contributed by atoms with E-state index in [1.165, 1.54) is 16.7 Å². The minimum Gasteiger partial charge on any atom is -0.473 e. The standard InChI is InChI=1S/C23H27N5O.C18H16N4O2/c1-14(2)25-22(29)18-6-8-19(9-7-18)26-23-24-11-10-20(28-23)27-21-16(4)12-15(3)13-17(21)5;19-17(23)14-7-4-8-15(11-14)21-18-20-10-9-16(22-18)24-12-13-5-2-1-3-6-13/h6-14H,1-5H3,(H,25,29)(H2,24,26,27,28);1-11H,12H2,(H2,19,23)(H,20,21,22). The molecule has 12 nitrogen and oxygen atoms in total. The molecule has 12 heteroatoms. The van der Waals surface area contributed by atoms with Crippen LogP contribution in [0.15, 0.2) is 116 Å². The van der Waals surface area contributed by atoms with Crippen molar-refractivity contribution in [2.75, 3.05) is 16.0 Å². The molecular weight excluding hydrogens is 667 g/mol. The van der Waals surface area contributed by atoms with Gasteiger partial charge < -0.3 is 31.7 Å². The largest absolute Gasteiger partial charge is 0.473 e. The number of anilines is 6. The number of hydrogen-bond donors (Lipinski definition) is 5. The Labute approximate surface area is 309 Å². The third-order valence-corrected chi connectivity index (χ3v) is 7.67. The maximum atomic E-state index is 12.1. The second-order valence-electron chi connectivity index (χ2n) is 12.6. The van der Waals surface area contributed by atoms with Crippen LogP contribution in [0.4, 0.5) is 34.8 Å². The van der Waals surface area contributed by atoms with Crippen molar-refractivity contribution >= 4 is 46.6 Å². The fraction of sp³-hybridized carbons (Fsp3) is 0.171. The van der Waals surface area contributed by atoms with Gasteiger partial charge in [-0.2, -0.15) is 9.97 Å². The number of ether oxygens (including phenoxy) is 1. The number of carbonyl (C=O) groups is 2. The summed E-state index contributed by atoms with van der Waals surface area (Å²) >= 11 is 0. The number of nitrogens with zero attached hydrogens (tertiary/aromatic N) is 4. The number of carbonyl (C=O) groups excluding carboxylic acids is 2. The van der Waals surface area contributed by atoms with Gasteiger partial charge in [0.15, 0.2) is 0 Å². The van der Waals surface area contributed by atoms with Crippen LogP contribution in [0.1, 0.15) is 56.8 Å². The molecule has 6 aromatic rings. The summed E-state index contributed by atoms with van der Waals surface area (Å²) in [6.45, 7) is 10.6. The summed E-state index contributed by atoms with van der Waals surface area (Å²) in [5.74, 6) is 1.46. The molecule has 0 aliphatic rings. The van der Waals surface area contributed by atoms with Gasteiger partial charge in [0.2, 0.25) is 23.7 Å². The van der Waals surface area contributed by atoms with Crippen LogP contribution < -0.4 is 31.7 Å². The van der Waals surface area contributed by atoms with E-state index in [1.807, 2.05) is 62.4 Å². The average Bonchev–Trinajstić information content (AvgIpc) is 3.13. The van der Waals surface area contributed by atoms with E-state index in [-0.39, 0.29) is 11.9 Å². The Bertz CT molecular complexity index is 2130. The van der Waals surface area contributed by atoms with Gasteiger partial charge in [-0.1, -0.05) is 54.1 Å². The first kappa shape index (κ1) is 37.4. The molecule has 270 valence electrons. The topological polar surface area (TPSA) is 169 Å². The maximum Gasteiger partial charge on any atom is 0.251 e. The van der Waals surface area contributed by atoms with Crippen molar-refractivity contribution in [2.24, 2.45) is 5.73 Å². The minimum atomic E-state index is -0.487. The van der Waals surface area contributed by atoms with Crippen molar-refractivity contribution in [3.63, 3.8) is 0 Å². The summed E-state index contributed by atoms with van der Waals surface area (Å²) in [6, 6.07) is 31.8. The lowest BCUT2D eigenvalue weighted by Crippen LogP contribution is -2.29. The van der Waals surface area contributed by atoms with Gasteiger partial charge in [-0.3, -0.25) is 9.59 Å². The Hall–Kier alpha value is -6.82. The predicted molar refractivity (Wildman–Crippen MR) is 209 cm³/mol. The zero-order valence-corrected chi connectivity index (χ0v) is 30.3. The lowest BCUT2D eigenvalue weighted by molar-refractivity contribution is 0.0942. The van der Waals surface area contributed by atoms with Gasteiger partial charge in [-0.15, -0.1) is 0 Å². The van der Waals surface area contributed by atoms with Gasteiger partial charge in [-0.25, -0.2) is 9.97 Å². The molecule has 2 amide bonds. The van der Waals surface area contributed by atoms with Gasteiger partial charge in [0.05, 0.1) is 0 Å². The van der Waals surface area contributed by atoms with Crippen LogP contribution in [0, 0.1) is 20.8 Å². The van der Waals surface area contributed by atoms with Crippen molar-refractivity contribution in [3.05, 3.63) is 149 Å². The third kappa shape index (κ3) is 11.3. The van der Waals surface area contributed by atoms with E-state index in [9.17, 15) is 9.59 Å². The highest BCUT2D eigenvalue weighted by molar-refractivity contribution is 5.95. The summed E-state index contributed by atoms with van der Waals surface area (Å²) in [6.07, 6.45) is 3.31. The minimum absolute atomic E-state index is 0.0853. The van der Waals surface area contributed by atoms with Gasteiger partial charge in [0, 0.05) is 52.7 Å². The van der Waals surface area contributed by atoms with E-state index in [0.29, 0.717) is 47.0 Å². The highest BCUT2D eigenvalue weighted by Crippen LogP contribution is 2.26. The summed E-state index contributed by atoms with van der Waals surface area (Å²) in [7, 11) is 0. The Morgan fingerprint density at radius 2 is 1.36 bits per heavy atom. The highest BCUT2D eigenvalue weighted by atomic mass is 16.5. The molecule has 2 aromatic heterocycles. The Morgan fingerprint density at radius 3 is 2.04 bits per heavy atom. The Balaban J connectivity index is 0.000000208. The molecule has 0 spiro atoms. The molecule has 0 saturated carbocycles. The number of amides is 2. The number of aromatic nitrogens is 4. The van der Waals surface area contributed by atoms with Crippen LogP contribution in [0.2, 0.25) is 0 Å². The highest BCUT2D eigenvalue weighted by Gasteiger charge is 2.09. The van der Waals surface area contributed by atoms with E-state index in [1.54, 1.807) is 54.9 Å². The maximum absolute atomic E-state index is 12.1. The first-order valence-electron chi connectivity index (χ1n) is 17.0. The zero-order chi connectivity index (χ0) is 37.7. The monoisotopic (exact) mass is 709 g/mol. The molecule has 0 bridgehead atoms. The van der Waals surface area contributed by atoms with Crippen molar-refractivity contribution in [1.29, 1.82) is 0 Å². The Morgan fingerprint density at radius 1 is 0.698 bits per heavy atom. The first-order chi connectivity index (χ1) is 25.5. The fourth-order valence-electron chi connectivity index (χ4n) is 5.27. The fourth-order valence-corrected chi connectivity index (χ4v) is 5.27. The predicted octanol–water partition coefficient (Wildman–Crippen LogP) is 7.93. The molecule has 0 aliphatic heterocycles. The smallest absolute Gasteiger partial charge is 0.251 e. The second-order valence-corrected chi connectivity index (χ2v) is 12.6. The number of nitrogens with two attached hydrogens (primary N) is 1. The first-order valence-corrected chi connectivity index (χ1v) is 17.0. The molecular formula is C41H43N9O3. The number of hydrogen-bond acceptors (Lipinski definition) is 10. The molecule has 0 fully saturated rings. The lowest BCUT2D eigenvalue weighted by atomic mass is 10.1. The van der Waals surface area contributed by atoms with Crippen molar-refractivity contribution in [2.45, 2.75) is 47.3 Å². The molecule has 0 aliphatic carbocycles. The van der Waals surface area contributed by atoms with Crippen LogP contribution in [0.3, 0.4) is 0 Å². The molecule has 0 radical (unpaired) electrons. The SMILES string of the molecule is Cc1cc(C)c(Nc2ccnc(Nc3ccc(C(=O)NC(C)C)cc3)n2)c(C)c1.NC(=O)c1cccc(Nc2nccc(OCc3ccccc3)n2)c1. The molecule has 0 unspecified atom stereocenters. The third-order valence-electron chi connectivity index (χ3n) is 7.67. The average molecular weight is 710 g/mol. The molecule has 0 saturated heterocycles. The van der Waals surface area contributed by atoms with Crippen LogP contribution in [0.25, 0.3) is 0 Å². The van der Waals surface area contributed by atoms with Crippen LogP contribution >= 0.6 is 0 Å². The van der Waals surface area contributed by atoms with Crippen LogP contribution in [0.5, 0.6) is 5.88 Å². The molecule has 4 aromatic carbocycles. The molecule has 0 atom stereocenters. The number of rotatable bonds is 12. The van der Waals surface area contributed by atoms with Crippen LogP contribution in [-0.2, 0) is 6.61 Å². The zero-order valence-electron chi connectivity index (χ0n) is 30.3. The van der Waals surface area contributed by atoms with E-state index < -0.39 is 5.91 Å².